The normalized spacial score (nSPS) is 9.50. The Bertz CT molecular complexity index is 233. The summed E-state index contributed by atoms with van der Waals surface area (Å²) in [6.45, 7) is 3.62. The van der Waals surface area contributed by atoms with Crippen molar-refractivity contribution in [3.05, 3.63) is 36.5 Å². The summed E-state index contributed by atoms with van der Waals surface area (Å²) in [5, 5.41) is 0. The molecule has 0 aliphatic heterocycles. The predicted molar refractivity (Wildman–Crippen MR) is 37.4 cm³/mol. The van der Waals surface area contributed by atoms with Crippen LogP contribution in [0.1, 0.15) is 5.56 Å². The second kappa shape index (κ2) is 2.69. The van der Waals surface area contributed by atoms with Crippen molar-refractivity contribution in [2.75, 3.05) is 7.11 Å². The minimum absolute atomic E-state index is 0.243. The van der Waals surface area contributed by atoms with E-state index in [0.29, 0.717) is 0 Å². The summed E-state index contributed by atoms with van der Waals surface area (Å²) in [5.74, 6) is -0.109. The fraction of sp³-hybridized carbons (Fsp3) is 0.125. The minimum atomic E-state index is -0.352. The average Bonchev–Trinajstić information content (AvgIpc) is 1.94. The minimum Gasteiger partial charge on any atom is -0.494 e. The zero-order valence-electron chi connectivity index (χ0n) is 5.73. The maximum absolute atomic E-state index is 12.6. The van der Waals surface area contributed by atoms with Gasteiger partial charge in [0, 0.05) is 0 Å². The lowest BCUT2D eigenvalue weighted by molar-refractivity contribution is 0.386. The zero-order valence-corrected chi connectivity index (χ0v) is 5.73. The lowest BCUT2D eigenvalue weighted by atomic mass is 10.2. The smallest absolute Gasteiger partial charge is 0.165 e. The Kier molecular flexibility index (Phi) is 1.90. The van der Waals surface area contributed by atoms with Gasteiger partial charge in [0.2, 0.25) is 0 Å². The van der Waals surface area contributed by atoms with Gasteiger partial charge in [0.25, 0.3) is 0 Å². The molecule has 0 bridgehead atoms. The number of benzene rings is 1. The number of halogens is 1. The summed E-state index contributed by atoms with van der Waals surface area (Å²) in [4.78, 5) is 0. The van der Waals surface area contributed by atoms with E-state index in [0.717, 1.165) is 5.56 Å². The van der Waals surface area contributed by atoms with Gasteiger partial charge in [0.1, 0.15) is 0 Å². The SMILES string of the molecule is [CH2]c1ccc(F)c(OC)c1. The van der Waals surface area contributed by atoms with E-state index in [9.17, 15) is 4.39 Å². The topological polar surface area (TPSA) is 9.23 Å². The van der Waals surface area contributed by atoms with E-state index in [1.807, 2.05) is 0 Å². The third kappa shape index (κ3) is 1.26. The molecule has 1 radical (unpaired) electrons. The highest BCUT2D eigenvalue weighted by molar-refractivity contribution is 5.31. The van der Waals surface area contributed by atoms with E-state index < -0.39 is 0 Å². The van der Waals surface area contributed by atoms with Crippen molar-refractivity contribution in [2.24, 2.45) is 0 Å². The average molecular weight is 139 g/mol. The van der Waals surface area contributed by atoms with E-state index in [2.05, 4.69) is 6.92 Å². The van der Waals surface area contributed by atoms with Crippen molar-refractivity contribution in [1.29, 1.82) is 0 Å². The fourth-order valence-corrected chi connectivity index (χ4v) is 0.704. The zero-order chi connectivity index (χ0) is 7.56. The summed E-state index contributed by atoms with van der Waals surface area (Å²) in [6, 6.07) is 4.48. The standard InChI is InChI=1S/C8H8FO/c1-6-3-4-7(9)8(5-6)10-2/h3-5H,1H2,2H3. The van der Waals surface area contributed by atoms with Crippen LogP contribution in [0.2, 0.25) is 0 Å². The molecule has 0 amide bonds. The van der Waals surface area contributed by atoms with Gasteiger partial charge in [-0.3, -0.25) is 0 Å². The molecule has 0 spiro atoms. The summed E-state index contributed by atoms with van der Waals surface area (Å²) in [7, 11) is 1.43. The molecule has 0 fully saturated rings. The molecule has 1 nitrogen and oxygen atoms in total. The molecule has 0 saturated heterocycles. The summed E-state index contributed by atoms with van der Waals surface area (Å²) in [6.07, 6.45) is 0. The Labute approximate surface area is 59.4 Å². The molecule has 0 aliphatic carbocycles. The maximum Gasteiger partial charge on any atom is 0.165 e. The molecule has 0 aliphatic rings. The molecular weight excluding hydrogens is 131 g/mol. The number of methoxy groups -OCH3 is 1. The Morgan fingerprint density at radius 3 is 2.70 bits per heavy atom. The largest absolute Gasteiger partial charge is 0.494 e. The van der Waals surface area contributed by atoms with Gasteiger partial charge in [-0.1, -0.05) is 6.07 Å². The Morgan fingerprint density at radius 1 is 1.50 bits per heavy atom. The fourth-order valence-electron chi connectivity index (χ4n) is 0.704. The van der Waals surface area contributed by atoms with Gasteiger partial charge >= 0.3 is 0 Å². The highest BCUT2D eigenvalue weighted by atomic mass is 19.1. The van der Waals surface area contributed by atoms with Crippen LogP contribution in [0.4, 0.5) is 4.39 Å². The Morgan fingerprint density at radius 2 is 2.20 bits per heavy atom. The van der Waals surface area contributed by atoms with Crippen molar-refractivity contribution in [3.63, 3.8) is 0 Å². The Hall–Kier alpha value is -1.05. The monoisotopic (exact) mass is 139 g/mol. The number of hydrogen-bond acceptors (Lipinski definition) is 1. The highest BCUT2D eigenvalue weighted by Gasteiger charge is 1.99. The van der Waals surface area contributed by atoms with Crippen LogP contribution < -0.4 is 4.74 Å². The van der Waals surface area contributed by atoms with Crippen LogP contribution in [-0.4, -0.2) is 7.11 Å². The van der Waals surface area contributed by atoms with Crippen LogP contribution in [0, 0.1) is 12.7 Å². The van der Waals surface area contributed by atoms with E-state index in [-0.39, 0.29) is 11.6 Å². The van der Waals surface area contributed by atoms with E-state index in [4.69, 9.17) is 4.74 Å². The highest BCUT2D eigenvalue weighted by Crippen LogP contribution is 2.16. The molecule has 1 aromatic rings. The maximum atomic E-state index is 12.6. The van der Waals surface area contributed by atoms with Crippen LogP contribution in [-0.2, 0) is 0 Å². The Balaban J connectivity index is 3.09. The second-order valence-corrected chi connectivity index (χ2v) is 1.97. The lowest BCUT2D eigenvalue weighted by Crippen LogP contribution is -1.87. The van der Waals surface area contributed by atoms with Gasteiger partial charge in [-0.15, -0.1) is 0 Å². The third-order valence-corrected chi connectivity index (χ3v) is 1.22. The molecule has 0 heterocycles. The van der Waals surface area contributed by atoms with Gasteiger partial charge in [-0.05, 0) is 24.6 Å². The number of ether oxygens (including phenoxy) is 1. The third-order valence-electron chi connectivity index (χ3n) is 1.22. The van der Waals surface area contributed by atoms with Crippen LogP contribution in [0.25, 0.3) is 0 Å². The predicted octanol–water partition coefficient (Wildman–Crippen LogP) is 2.02. The van der Waals surface area contributed by atoms with E-state index >= 15 is 0 Å². The second-order valence-electron chi connectivity index (χ2n) is 1.97. The first-order valence-electron chi connectivity index (χ1n) is 2.89. The molecule has 0 N–H and O–H groups in total. The lowest BCUT2D eigenvalue weighted by Gasteiger charge is -2.00. The number of rotatable bonds is 1. The first kappa shape index (κ1) is 7.06. The van der Waals surface area contributed by atoms with Crippen LogP contribution in [0.3, 0.4) is 0 Å². The molecule has 0 unspecified atom stereocenters. The van der Waals surface area contributed by atoms with Gasteiger partial charge in [0.15, 0.2) is 11.6 Å². The van der Waals surface area contributed by atoms with Crippen LogP contribution in [0.5, 0.6) is 5.75 Å². The summed E-state index contributed by atoms with van der Waals surface area (Å²) < 4.78 is 17.3. The molecule has 1 rings (SSSR count). The van der Waals surface area contributed by atoms with Gasteiger partial charge in [-0.25, -0.2) is 4.39 Å². The van der Waals surface area contributed by atoms with Gasteiger partial charge in [-0.2, -0.15) is 0 Å². The number of hydrogen-bond donors (Lipinski definition) is 0. The van der Waals surface area contributed by atoms with E-state index in [1.54, 1.807) is 12.1 Å². The summed E-state index contributed by atoms with van der Waals surface area (Å²) >= 11 is 0. The van der Waals surface area contributed by atoms with Crippen molar-refractivity contribution in [3.8, 4) is 5.75 Å². The first-order chi connectivity index (χ1) is 4.74. The van der Waals surface area contributed by atoms with Crippen LogP contribution in [0.15, 0.2) is 18.2 Å². The van der Waals surface area contributed by atoms with Crippen molar-refractivity contribution in [1.82, 2.24) is 0 Å². The van der Waals surface area contributed by atoms with E-state index in [1.165, 1.54) is 13.2 Å². The van der Waals surface area contributed by atoms with Gasteiger partial charge < -0.3 is 4.74 Å². The van der Waals surface area contributed by atoms with Crippen molar-refractivity contribution < 1.29 is 9.13 Å². The molecule has 10 heavy (non-hydrogen) atoms. The first-order valence-corrected chi connectivity index (χ1v) is 2.89. The summed E-state index contributed by atoms with van der Waals surface area (Å²) in [5.41, 5.74) is 0.748. The van der Waals surface area contributed by atoms with Crippen LogP contribution >= 0.6 is 0 Å². The quantitative estimate of drug-likeness (QED) is 0.578. The van der Waals surface area contributed by atoms with Crippen molar-refractivity contribution in [2.45, 2.75) is 0 Å². The molecule has 0 atom stereocenters. The molecule has 0 saturated carbocycles. The molecule has 53 valence electrons. The molecular formula is C8H8FO. The molecule has 0 aromatic heterocycles. The van der Waals surface area contributed by atoms with Gasteiger partial charge in [0.05, 0.1) is 7.11 Å². The molecule has 1 aromatic carbocycles. The van der Waals surface area contributed by atoms with Crippen molar-refractivity contribution >= 4 is 0 Å². The molecule has 2 heteroatoms.